The number of likely N-dealkylation sites (N-methyl/N-ethyl adjacent to an activating group) is 1. The molecule has 1 heterocycles. The van der Waals surface area contributed by atoms with Crippen LogP contribution in [0.5, 0.6) is 5.75 Å². The number of amides is 1. The number of guanidine groups is 1. The molecule has 0 aromatic heterocycles. The predicted molar refractivity (Wildman–Crippen MR) is 110 cm³/mol. The highest BCUT2D eigenvalue weighted by Gasteiger charge is 2.21. The van der Waals surface area contributed by atoms with Crippen LogP contribution in [-0.2, 0) is 4.79 Å². The summed E-state index contributed by atoms with van der Waals surface area (Å²) in [5, 5.41) is 10.1. The highest BCUT2D eigenvalue weighted by Crippen LogP contribution is 2.16. The quantitative estimate of drug-likeness (QED) is 0.481. The number of rotatable bonds is 7. The Morgan fingerprint density at radius 2 is 2.00 bits per heavy atom. The van der Waals surface area contributed by atoms with Gasteiger partial charge in [-0.25, -0.2) is 0 Å². The molecule has 0 spiro atoms. The molecule has 0 radical (unpaired) electrons. The molecule has 2 rings (SSSR count). The lowest BCUT2D eigenvalue weighted by molar-refractivity contribution is -0.122. The standard InChI is InChI=1S/C19H30ClN5O2/c1-14(27-17-6-4-15(20)5-7-17)12-23-19(22-3)24-16-8-10-25(11-9-16)13-18(26)21-2/h4-7,14,16H,8-13H2,1-3H3,(H,21,26)(H2,22,23,24). The lowest BCUT2D eigenvalue weighted by Gasteiger charge is -2.32. The first kappa shape index (κ1) is 21.3. The van der Waals surface area contributed by atoms with Gasteiger partial charge in [-0.1, -0.05) is 11.6 Å². The molecule has 1 aromatic rings. The van der Waals surface area contributed by atoms with Crippen LogP contribution in [0, 0.1) is 0 Å². The molecule has 1 aliphatic rings. The molecular weight excluding hydrogens is 366 g/mol. The molecule has 27 heavy (non-hydrogen) atoms. The second-order valence-electron chi connectivity index (χ2n) is 6.70. The van der Waals surface area contributed by atoms with Crippen LogP contribution in [0.2, 0.25) is 5.02 Å². The summed E-state index contributed by atoms with van der Waals surface area (Å²) in [5.74, 6) is 1.63. The van der Waals surface area contributed by atoms with Crippen LogP contribution in [0.1, 0.15) is 19.8 Å². The van der Waals surface area contributed by atoms with E-state index >= 15 is 0 Å². The minimum absolute atomic E-state index is 0.0147. The van der Waals surface area contributed by atoms with Gasteiger partial charge in [0.25, 0.3) is 0 Å². The van der Waals surface area contributed by atoms with Crippen molar-refractivity contribution in [1.82, 2.24) is 20.9 Å². The molecule has 1 amide bonds. The number of benzene rings is 1. The SMILES string of the molecule is CN=C(NCC(C)Oc1ccc(Cl)cc1)NC1CCN(CC(=O)NC)CC1. The number of nitrogens with zero attached hydrogens (tertiary/aromatic N) is 2. The van der Waals surface area contributed by atoms with Crippen LogP contribution >= 0.6 is 11.6 Å². The molecule has 7 nitrogen and oxygen atoms in total. The molecular formula is C19H30ClN5O2. The van der Waals surface area contributed by atoms with Gasteiger partial charge >= 0.3 is 0 Å². The average Bonchev–Trinajstić information content (AvgIpc) is 2.68. The van der Waals surface area contributed by atoms with E-state index in [1.165, 1.54) is 0 Å². The lowest BCUT2D eigenvalue weighted by Crippen LogP contribution is -2.51. The van der Waals surface area contributed by atoms with Crippen molar-refractivity contribution in [2.45, 2.75) is 31.9 Å². The fourth-order valence-electron chi connectivity index (χ4n) is 2.93. The van der Waals surface area contributed by atoms with Crippen LogP contribution in [0.25, 0.3) is 0 Å². The number of carbonyl (C=O) groups excluding carboxylic acids is 1. The van der Waals surface area contributed by atoms with Gasteiger partial charge in [0.1, 0.15) is 11.9 Å². The molecule has 3 N–H and O–H groups in total. The van der Waals surface area contributed by atoms with Gasteiger partial charge in [0.2, 0.25) is 5.91 Å². The minimum atomic E-state index is -0.0147. The Balaban J connectivity index is 1.70. The van der Waals surface area contributed by atoms with Gasteiger partial charge in [-0.15, -0.1) is 0 Å². The van der Waals surface area contributed by atoms with Crippen molar-refractivity contribution in [1.29, 1.82) is 0 Å². The second kappa shape index (κ2) is 11.0. The Hall–Kier alpha value is -1.99. The molecule has 0 bridgehead atoms. The Bertz CT molecular complexity index is 615. The molecule has 1 fully saturated rings. The second-order valence-corrected chi connectivity index (χ2v) is 7.14. The van der Waals surface area contributed by atoms with Gasteiger partial charge in [0.15, 0.2) is 5.96 Å². The minimum Gasteiger partial charge on any atom is -0.489 e. The molecule has 0 saturated carbocycles. The lowest BCUT2D eigenvalue weighted by atomic mass is 10.1. The van der Waals surface area contributed by atoms with Crippen LogP contribution < -0.4 is 20.7 Å². The van der Waals surface area contributed by atoms with Crippen molar-refractivity contribution >= 4 is 23.5 Å². The highest BCUT2D eigenvalue weighted by molar-refractivity contribution is 6.30. The molecule has 1 atom stereocenters. The topological polar surface area (TPSA) is 78.0 Å². The summed E-state index contributed by atoms with van der Waals surface area (Å²) in [6.45, 7) is 4.91. The summed E-state index contributed by atoms with van der Waals surface area (Å²) in [5.41, 5.74) is 0. The van der Waals surface area contributed by atoms with Gasteiger partial charge in [-0.3, -0.25) is 14.7 Å². The summed E-state index contributed by atoms with van der Waals surface area (Å²) in [4.78, 5) is 17.9. The molecule has 1 unspecified atom stereocenters. The maximum Gasteiger partial charge on any atom is 0.233 e. The van der Waals surface area contributed by atoms with E-state index in [2.05, 4.69) is 25.8 Å². The maximum atomic E-state index is 11.5. The summed E-state index contributed by atoms with van der Waals surface area (Å²) >= 11 is 5.89. The third-order valence-corrected chi connectivity index (χ3v) is 4.76. The molecule has 1 aromatic carbocycles. The van der Waals surface area contributed by atoms with Crippen molar-refractivity contribution < 1.29 is 9.53 Å². The van der Waals surface area contributed by atoms with Crippen LogP contribution in [0.15, 0.2) is 29.3 Å². The summed E-state index contributed by atoms with van der Waals surface area (Å²) in [6, 6.07) is 7.70. The molecule has 8 heteroatoms. The Kier molecular flexibility index (Phi) is 8.67. The zero-order valence-corrected chi connectivity index (χ0v) is 17.1. The third kappa shape index (κ3) is 7.64. The van der Waals surface area contributed by atoms with Gasteiger partial charge in [-0.2, -0.15) is 0 Å². The van der Waals surface area contributed by atoms with Gasteiger partial charge in [0, 0.05) is 38.2 Å². The normalized spacial score (nSPS) is 17.3. The van der Waals surface area contributed by atoms with Crippen molar-refractivity contribution in [2.24, 2.45) is 4.99 Å². The number of halogens is 1. The smallest absolute Gasteiger partial charge is 0.233 e. The molecule has 1 aliphatic heterocycles. The number of hydrogen-bond acceptors (Lipinski definition) is 4. The highest BCUT2D eigenvalue weighted by atomic mass is 35.5. The zero-order valence-electron chi connectivity index (χ0n) is 16.3. The number of ether oxygens (including phenoxy) is 1. The van der Waals surface area contributed by atoms with Gasteiger partial charge in [0.05, 0.1) is 13.1 Å². The number of carbonyl (C=O) groups is 1. The first-order chi connectivity index (χ1) is 13.0. The summed E-state index contributed by atoms with van der Waals surface area (Å²) in [6.07, 6.45) is 1.95. The van der Waals surface area contributed by atoms with E-state index in [9.17, 15) is 4.79 Å². The van der Waals surface area contributed by atoms with Crippen LogP contribution in [0.3, 0.4) is 0 Å². The molecule has 0 aliphatic carbocycles. The van der Waals surface area contributed by atoms with E-state index < -0.39 is 0 Å². The van der Waals surface area contributed by atoms with E-state index in [0.29, 0.717) is 24.2 Å². The van der Waals surface area contributed by atoms with E-state index in [0.717, 1.165) is 37.6 Å². The zero-order chi connectivity index (χ0) is 19.6. The number of hydrogen-bond donors (Lipinski definition) is 3. The first-order valence-corrected chi connectivity index (χ1v) is 9.70. The van der Waals surface area contributed by atoms with Gasteiger partial charge in [-0.05, 0) is 44.0 Å². The third-order valence-electron chi connectivity index (χ3n) is 4.51. The van der Waals surface area contributed by atoms with E-state index in [1.807, 2.05) is 31.2 Å². The van der Waals surface area contributed by atoms with E-state index in [4.69, 9.17) is 16.3 Å². The molecule has 1 saturated heterocycles. The average molecular weight is 396 g/mol. The largest absolute Gasteiger partial charge is 0.489 e. The van der Waals surface area contributed by atoms with Crippen LogP contribution in [-0.4, -0.2) is 69.2 Å². The van der Waals surface area contributed by atoms with Crippen LogP contribution in [0.4, 0.5) is 0 Å². The van der Waals surface area contributed by atoms with Crippen molar-refractivity contribution in [3.05, 3.63) is 29.3 Å². The summed E-state index contributed by atoms with van der Waals surface area (Å²) < 4.78 is 5.87. The fourth-order valence-corrected chi connectivity index (χ4v) is 3.06. The van der Waals surface area contributed by atoms with E-state index in [1.54, 1.807) is 14.1 Å². The number of nitrogens with one attached hydrogen (secondary N) is 3. The Morgan fingerprint density at radius 1 is 1.33 bits per heavy atom. The van der Waals surface area contributed by atoms with Crippen molar-refractivity contribution in [3.63, 3.8) is 0 Å². The fraction of sp³-hybridized carbons (Fsp3) is 0.579. The van der Waals surface area contributed by atoms with Crippen molar-refractivity contribution in [2.75, 3.05) is 40.3 Å². The number of aliphatic imine (C=N–C) groups is 1. The van der Waals surface area contributed by atoms with Crippen molar-refractivity contribution in [3.8, 4) is 5.75 Å². The Labute approximate surface area is 166 Å². The monoisotopic (exact) mass is 395 g/mol. The Morgan fingerprint density at radius 3 is 2.59 bits per heavy atom. The number of piperidine rings is 1. The summed E-state index contributed by atoms with van der Waals surface area (Å²) in [7, 11) is 3.44. The number of likely N-dealkylation sites (tertiary alicyclic amines) is 1. The molecule has 150 valence electrons. The maximum absolute atomic E-state index is 11.5. The first-order valence-electron chi connectivity index (χ1n) is 9.32. The predicted octanol–water partition coefficient (Wildman–Crippen LogP) is 1.48. The van der Waals surface area contributed by atoms with Gasteiger partial charge < -0.3 is 20.7 Å². The van der Waals surface area contributed by atoms with E-state index in [-0.39, 0.29) is 12.0 Å².